The van der Waals surface area contributed by atoms with Crippen LogP contribution in [0.1, 0.15) is 26.3 Å². The van der Waals surface area contributed by atoms with Gasteiger partial charge in [0.05, 0.1) is 19.8 Å². The molecule has 1 fully saturated rings. The van der Waals surface area contributed by atoms with Crippen molar-refractivity contribution in [2.24, 2.45) is 0 Å². The van der Waals surface area contributed by atoms with Crippen LogP contribution >= 0.6 is 15.9 Å². The van der Waals surface area contributed by atoms with Gasteiger partial charge >= 0.3 is 12.1 Å². The van der Waals surface area contributed by atoms with E-state index in [4.69, 9.17) is 19.3 Å². The van der Waals surface area contributed by atoms with Gasteiger partial charge in [-0.25, -0.2) is 14.6 Å². The molecule has 9 heteroatoms. The molecule has 1 unspecified atom stereocenters. The molecule has 1 N–H and O–H groups in total. The van der Waals surface area contributed by atoms with Crippen molar-refractivity contribution in [1.29, 1.82) is 0 Å². The molecule has 1 aromatic rings. The molecule has 1 aliphatic heterocycles. The first kappa shape index (κ1) is 20.6. The lowest BCUT2D eigenvalue weighted by atomic mass is 9.95. The second-order valence-corrected chi connectivity index (χ2v) is 7.72. The van der Waals surface area contributed by atoms with E-state index in [9.17, 15) is 9.59 Å². The van der Waals surface area contributed by atoms with E-state index in [1.807, 2.05) is 0 Å². The Labute approximate surface area is 160 Å². The molecule has 1 atom stereocenters. The number of amides is 1. The van der Waals surface area contributed by atoms with Crippen molar-refractivity contribution >= 4 is 28.0 Å². The second kappa shape index (κ2) is 8.32. The molecule has 1 aliphatic rings. The number of aromatic nitrogens is 1. The number of carbonyl (C=O) groups is 2. The van der Waals surface area contributed by atoms with Crippen molar-refractivity contribution in [3.63, 3.8) is 0 Å². The number of nitrogens with zero attached hydrogens (tertiary/aromatic N) is 2. The number of rotatable bonds is 4. The highest BCUT2D eigenvalue weighted by atomic mass is 79.9. The van der Waals surface area contributed by atoms with Crippen molar-refractivity contribution in [2.75, 3.05) is 32.9 Å². The predicted octanol–water partition coefficient (Wildman–Crippen LogP) is 2.41. The summed E-state index contributed by atoms with van der Waals surface area (Å²) in [6.07, 6.45) is 1.09. The monoisotopic (exact) mass is 430 g/mol. The molecule has 144 valence electrons. The molecule has 26 heavy (non-hydrogen) atoms. The number of hydrogen-bond acceptors (Lipinski definition) is 6. The van der Waals surface area contributed by atoms with Crippen molar-refractivity contribution in [3.05, 3.63) is 28.5 Å². The number of carboxylic acids is 1. The first-order valence-corrected chi connectivity index (χ1v) is 8.95. The molecular weight excluding hydrogens is 408 g/mol. The predicted molar refractivity (Wildman–Crippen MR) is 95.8 cm³/mol. The van der Waals surface area contributed by atoms with E-state index in [0.29, 0.717) is 16.7 Å². The summed E-state index contributed by atoms with van der Waals surface area (Å²) in [5.74, 6) is -1.11. The molecule has 0 aromatic carbocycles. The zero-order chi connectivity index (χ0) is 19.4. The Bertz CT molecular complexity index is 663. The zero-order valence-electron chi connectivity index (χ0n) is 15.0. The average molecular weight is 431 g/mol. The van der Waals surface area contributed by atoms with Crippen LogP contribution < -0.4 is 0 Å². The number of aliphatic carboxylic acids is 1. The molecule has 1 saturated heterocycles. The van der Waals surface area contributed by atoms with Crippen LogP contribution in [0.2, 0.25) is 0 Å². The lowest BCUT2D eigenvalue weighted by Gasteiger charge is -2.36. The van der Waals surface area contributed by atoms with Crippen LogP contribution in [0, 0.1) is 0 Å². The van der Waals surface area contributed by atoms with Gasteiger partial charge in [-0.2, -0.15) is 0 Å². The maximum atomic E-state index is 12.6. The summed E-state index contributed by atoms with van der Waals surface area (Å²) in [6.45, 7) is 5.58. The number of carbonyl (C=O) groups excluding carboxylic acids is 1. The Morgan fingerprint density at radius 3 is 2.81 bits per heavy atom. The highest BCUT2D eigenvalue weighted by molar-refractivity contribution is 9.10. The Kier molecular flexibility index (Phi) is 6.59. The van der Waals surface area contributed by atoms with E-state index in [1.54, 1.807) is 39.1 Å². The van der Waals surface area contributed by atoms with Gasteiger partial charge in [-0.15, -0.1) is 0 Å². The van der Waals surface area contributed by atoms with Gasteiger partial charge in [-0.05, 0) is 42.8 Å². The van der Waals surface area contributed by atoms with Crippen LogP contribution in [-0.2, 0) is 24.6 Å². The van der Waals surface area contributed by atoms with E-state index in [0.717, 1.165) is 0 Å². The van der Waals surface area contributed by atoms with Crippen LogP contribution in [0.5, 0.6) is 0 Å². The summed E-state index contributed by atoms with van der Waals surface area (Å²) in [5, 5.41) is 9.07. The smallest absolute Gasteiger partial charge is 0.410 e. The molecular formula is C17H23BrN2O6. The van der Waals surface area contributed by atoms with Crippen LogP contribution in [0.15, 0.2) is 22.9 Å². The van der Waals surface area contributed by atoms with E-state index in [1.165, 1.54) is 4.90 Å². The fourth-order valence-electron chi connectivity index (χ4n) is 2.58. The van der Waals surface area contributed by atoms with Crippen LogP contribution in [0.3, 0.4) is 0 Å². The minimum atomic E-state index is -1.18. The fourth-order valence-corrected chi connectivity index (χ4v) is 3.19. The quantitative estimate of drug-likeness (QED) is 0.732. The Balaban J connectivity index is 2.37. The van der Waals surface area contributed by atoms with Crippen molar-refractivity contribution in [3.8, 4) is 0 Å². The standard InChI is InChI=1S/C17H23BrN2O6/c1-16(2,3)26-15(23)20-7-8-24-11-17(10-20,25-9-13(21)22)12-5-4-6-19-14(12)18/h4-6H,7-11H2,1-3H3,(H,21,22). The lowest BCUT2D eigenvalue weighted by molar-refractivity contribution is -0.156. The SMILES string of the molecule is CC(C)(C)OC(=O)N1CCOCC(OCC(=O)O)(c2cccnc2Br)C1. The van der Waals surface area contributed by atoms with Gasteiger partial charge in [0.2, 0.25) is 0 Å². The van der Waals surface area contributed by atoms with E-state index in [-0.39, 0.29) is 19.8 Å². The first-order valence-electron chi connectivity index (χ1n) is 8.15. The Morgan fingerprint density at radius 2 is 2.19 bits per heavy atom. The minimum absolute atomic E-state index is 0.0828. The third-order valence-corrected chi connectivity index (χ3v) is 4.29. The third kappa shape index (κ3) is 5.39. The number of hydrogen-bond donors (Lipinski definition) is 1. The topological polar surface area (TPSA) is 98.2 Å². The van der Waals surface area contributed by atoms with Gasteiger partial charge in [0.1, 0.15) is 22.4 Å². The first-order chi connectivity index (χ1) is 12.1. The van der Waals surface area contributed by atoms with E-state index in [2.05, 4.69) is 20.9 Å². The zero-order valence-corrected chi connectivity index (χ0v) is 16.6. The largest absolute Gasteiger partial charge is 0.480 e. The van der Waals surface area contributed by atoms with Crippen LogP contribution in [-0.4, -0.2) is 65.6 Å². The number of carboxylic acid groups (broad SMARTS) is 1. The second-order valence-electron chi connectivity index (χ2n) is 6.97. The molecule has 0 saturated carbocycles. The van der Waals surface area contributed by atoms with Crippen molar-refractivity contribution in [2.45, 2.75) is 32.0 Å². The average Bonchev–Trinajstić information content (AvgIpc) is 2.75. The summed E-state index contributed by atoms with van der Waals surface area (Å²) < 4.78 is 17.3. The van der Waals surface area contributed by atoms with Gasteiger partial charge in [0.15, 0.2) is 0 Å². The summed E-state index contributed by atoms with van der Waals surface area (Å²) in [7, 11) is 0. The van der Waals surface area contributed by atoms with Gasteiger partial charge in [0.25, 0.3) is 0 Å². The lowest BCUT2D eigenvalue weighted by Crippen LogP contribution is -2.48. The summed E-state index contributed by atoms with van der Waals surface area (Å²) in [6, 6.07) is 3.48. The van der Waals surface area contributed by atoms with Crippen molar-refractivity contribution in [1.82, 2.24) is 9.88 Å². The molecule has 0 aliphatic carbocycles. The number of halogens is 1. The summed E-state index contributed by atoms with van der Waals surface area (Å²) >= 11 is 3.38. The molecule has 0 bridgehead atoms. The summed E-state index contributed by atoms with van der Waals surface area (Å²) in [5.41, 5.74) is -1.22. The van der Waals surface area contributed by atoms with Crippen LogP contribution in [0.25, 0.3) is 0 Å². The Morgan fingerprint density at radius 1 is 1.46 bits per heavy atom. The molecule has 2 heterocycles. The molecule has 1 amide bonds. The fraction of sp³-hybridized carbons (Fsp3) is 0.588. The normalized spacial score (nSPS) is 21.2. The minimum Gasteiger partial charge on any atom is -0.480 e. The van der Waals surface area contributed by atoms with Crippen molar-refractivity contribution < 1.29 is 28.9 Å². The maximum absolute atomic E-state index is 12.6. The van der Waals surface area contributed by atoms with Gasteiger partial charge in [-0.1, -0.05) is 6.07 Å². The highest BCUT2D eigenvalue weighted by Crippen LogP contribution is 2.34. The molecule has 8 nitrogen and oxygen atoms in total. The van der Waals surface area contributed by atoms with E-state index >= 15 is 0 Å². The molecule has 1 aromatic heterocycles. The van der Waals surface area contributed by atoms with Crippen LogP contribution in [0.4, 0.5) is 4.79 Å². The third-order valence-electron chi connectivity index (χ3n) is 3.66. The van der Waals surface area contributed by atoms with Gasteiger partial charge in [0, 0.05) is 18.3 Å². The maximum Gasteiger partial charge on any atom is 0.410 e. The van der Waals surface area contributed by atoms with Gasteiger partial charge < -0.3 is 24.2 Å². The van der Waals surface area contributed by atoms with Gasteiger partial charge in [-0.3, -0.25) is 0 Å². The van der Waals surface area contributed by atoms with E-state index < -0.39 is 29.9 Å². The Hall–Kier alpha value is -1.71. The number of ether oxygens (including phenoxy) is 3. The highest BCUT2D eigenvalue weighted by Gasteiger charge is 2.42. The molecule has 0 radical (unpaired) electrons. The number of pyridine rings is 1. The molecule has 0 spiro atoms. The molecule has 2 rings (SSSR count). The summed E-state index contributed by atoms with van der Waals surface area (Å²) in [4.78, 5) is 29.3.